The monoisotopic (exact) mass is 484 g/mol. The molecule has 2 aromatic heterocycles. The van der Waals surface area contributed by atoms with Crippen molar-refractivity contribution in [3.63, 3.8) is 0 Å². The summed E-state index contributed by atoms with van der Waals surface area (Å²) in [7, 11) is 0. The summed E-state index contributed by atoms with van der Waals surface area (Å²) in [5.41, 5.74) is 2.90. The van der Waals surface area contributed by atoms with Crippen LogP contribution in [0.4, 0.5) is 0 Å². The lowest BCUT2D eigenvalue weighted by molar-refractivity contribution is -0.137. The number of aliphatic hydroxyl groups is 1. The number of hydrogen-bond acceptors (Lipinski definition) is 7. The predicted molar refractivity (Wildman–Crippen MR) is 135 cm³/mol. The zero-order chi connectivity index (χ0) is 23.4. The largest absolute Gasteiger partial charge is 0.473 e. The Bertz CT molecular complexity index is 1120. The van der Waals surface area contributed by atoms with Crippen LogP contribution in [0.15, 0.2) is 42.7 Å². The second kappa shape index (κ2) is 11.1. The lowest BCUT2D eigenvalue weighted by Gasteiger charge is -2.32. The van der Waals surface area contributed by atoms with E-state index in [-0.39, 0.29) is 32.1 Å². The third-order valence-electron chi connectivity index (χ3n) is 6.30. The molecule has 3 aromatic rings. The molecule has 0 saturated carbocycles. The summed E-state index contributed by atoms with van der Waals surface area (Å²) in [4.78, 5) is 27.0. The van der Waals surface area contributed by atoms with Gasteiger partial charge in [0.1, 0.15) is 12.7 Å². The summed E-state index contributed by atoms with van der Waals surface area (Å²) in [5.74, 6) is 0.406. The third kappa shape index (κ3) is 5.48. The van der Waals surface area contributed by atoms with Gasteiger partial charge in [0.2, 0.25) is 11.8 Å². The van der Waals surface area contributed by atoms with Gasteiger partial charge in [0.15, 0.2) is 5.52 Å². The highest BCUT2D eigenvalue weighted by atomic mass is 32.1. The van der Waals surface area contributed by atoms with Crippen LogP contribution >= 0.6 is 13.5 Å². The smallest absolute Gasteiger partial charge is 0.242 e. The van der Waals surface area contributed by atoms with Gasteiger partial charge in [-0.1, -0.05) is 38.1 Å². The number of rotatable bonds is 7. The van der Waals surface area contributed by atoms with E-state index in [1.165, 1.54) is 0 Å². The molecule has 0 bridgehead atoms. The van der Waals surface area contributed by atoms with Crippen molar-refractivity contribution in [3.8, 4) is 17.1 Å². The van der Waals surface area contributed by atoms with Crippen LogP contribution in [-0.4, -0.2) is 63.3 Å². The number of carbonyl (C=O) groups is 1. The fraction of sp³-hybridized carbons (Fsp3) is 0.440. The Morgan fingerprint density at radius 3 is 2.59 bits per heavy atom. The summed E-state index contributed by atoms with van der Waals surface area (Å²) in [6.45, 7) is 7.34. The Labute approximate surface area is 206 Å². The maximum absolute atomic E-state index is 11.7. The predicted octanol–water partition coefficient (Wildman–Crippen LogP) is 3.44. The summed E-state index contributed by atoms with van der Waals surface area (Å²) in [6, 6.07) is 9.67. The van der Waals surface area contributed by atoms with Crippen molar-refractivity contribution in [1.82, 2.24) is 19.9 Å². The zero-order valence-electron chi connectivity index (χ0n) is 19.8. The van der Waals surface area contributed by atoms with Crippen LogP contribution in [0.2, 0.25) is 0 Å². The first kappa shape index (κ1) is 25.9. The number of benzene rings is 1. The Hall–Kier alpha value is -2.75. The van der Waals surface area contributed by atoms with Gasteiger partial charge in [-0.15, -0.1) is 0 Å². The van der Waals surface area contributed by atoms with Gasteiger partial charge in [0, 0.05) is 31.4 Å². The molecule has 1 N–H and O–H groups in total. The summed E-state index contributed by atoms with van der Waals surface area (Å²) >= 11 is 0. The van der Waals surface area contributed by atoms with Crippen LogP contribution in [-0.2, 0) is 15.1 Å². The van der Waals surface area contributed by atoms with Gasteiger partial charge in [-0.05, 0) is 24.5 Å². The molecule has 0 spiro atoms. The highest BCUT2D eigenvalue weighted by molar-refractivity contribution is 7.59. The quantitative estimate of drug-likeness (QED) is 0.549. The molecule has 182 valence electrons. The fourth-order valence-electron chi connectivity index (χ4n) is 4.08. The van der Waals surface area contributed by atoms with Crippen LogP contribution in [0.1, 0.15) is 39.2 Å². The van der Waals surface area contributed by atoms with E-state index in [1.54, 1.807) is 24.2 Å². The van der Waals surface area contributed by atoms with E-state index in [9.17, 15) is 9.90 Å². The molecule has 1 saturated heterocycles. The molecule has 8 nitrogen and oxygen atoms in total. The van der Waals surface area contributed by atoms with Crippen molar-refractivity contribution in [2.45, 2.75) is 45.3 Å². The zero-order valence-corrected chi connectivity index (χ0v) is 20.8. The molecule has 34 heavy (non-hydrogen) atoms. The number of nitrogens with zero attached hydrogens (tertiary/aromatic N) is 4. The summed E-state index contributed by atoms with van der Waals surface area (Å²) in [6.07, 6.45) is 4.30. The number of morpholine rings is 1. The molecule has 0 radical (unpaired) electrons. The van der Waals surface area contributed by atoms with E-state index in [1.807, 2.05) is 44.2 Å². The van der Waals surface area contributed by atoms with Crippen molar-refractivity contribution in [2.75, 3.05) is 26.3 Å². The standard InChI is InChI=1S/C25H30N4O4.H2S/c1-4-25(31,5-2)19-8-6-18(7-9-19)21-14-22-23(27-11-10-26-22)24(28-21)33-16-20-15-29(17(3)30)12-13-32-20;/h6-11,14,20,31H,4-5,12-13,15-16H2,1-3H3;1H2/t20-;/m0./s1. The lowest BCUT2D eigenvalue weighted by atomic mass is 9.88. The molecule has 1 atom stereocenters. The molecule has 4 rings (SSSR count). The molecular weight excluding hydrogens is 452 g/mol. The molecule has 3 heterocycles. The van der Waals surface area contributed by atoms with Crippen molar-refractivity contribution >= 4 is 30.4 Å². The van der Waals surface area contributed by atoms with E-state index in [0.29, 0.717) is 55.1 Å². The van der Waals surface area contributed by atoms with E-state index in [0.717, 1.165) is 11.1 Å². The maximum atomic E-state index is 11.7. The highest BCUT2D eigenvalue weighted by Crippen LogP contribution is 2.32. The van der Waals surface area contributed by atoms with E-state index in [4.69, 9.17) is 14.5 Å². The van der Waals surface area contributed by atoms with Gasteiger partial charge in [0.25, 0.3) is 0 Å². The fourth-order valence-corrected chi connectivity index (χ4v) is 4.08. The second-order valence-corrected chi connectivity index (χ2v) is 8.32. The number of carbonyl (C=O) groups excluding carboxylic acids is 1. The molecule has 1 aliphatic rings. The molecular formula is C25H32N4O4S. The van der Waals surface area contributed by atoms with Crippen molar-refractivity contribution in [3.05, 3.63) is 48.3 Å². The van der Waals surface area contributed by atoms with Crippen LogP contribution in [0.5, 0.6) is 5.88 Å². The van der Waals surface area contributed by atoms with Crippen LogP contribution < -0.4 is 4.74 Å². The number of aromatic nitrogens is 3. The third-order valence-corrected chi connectivity index (χ3v) is 6.30. The number of pyridine rings is 1. The Morgan fingerprint density at radius 1 is 1.21 bits per heavy atom. The van der Waals surface area contributed by atoms with Gasteiger partial charge < -0.3 is 19.5 Å². The summed E-state index contributed by atoms with van der Waals surface area (Å²) < 4.78 is 11.8. The molecule has 1 fully saturated rings. The Balaban J connectivity index is 0.00000324. The van der Waals surface area contributed by atoms with Gasteiger partial charge in [0.05, 0.1) is 30.0 Å². The van der Waals surface area contributed by atoms with E-state index < -0.39 is 5.60 Å². The van der Waals surface area contributed by atoms with Gasteiger partial charge >= 0.3 is 0 Å². The average molecular weight is 485 g/mol. The number of amides is 1. The Kier molecular flexibility index (Phi) is 8.46. The molecule has 1 aliphatic heterocycles. The van der Waals surface area contributed by atoms with Gasteiger partial charge in [-0.25, -0.2) is 9.97 Å². The lowest BCUT2D eigenvalue weighted by Crippen LogP contribution is -2.46. The molecule has 1 amide bonds. The SMILES string of the molecule is CCC(O)(CC)c1ccc(-c2cc3nccnc3c(OC[C@@H]3CN(C(C)=O)CCO3)n2)cc1.S. The topological polar surface area (TPSA) is 97.7 Å². The first-order chi connectivity index (χ1) is 15.9. The minimum absolute atomic E-state index is 0. The van der Waals surface area contributed by atoms with Gasteiger partial charge in [-0.3, -0.25) is 9.78 Å². The van der Waals surface area contributed by atoms with E-state index >= 15 is 0 Å². The first-order valence-corrected chi connectivity index (χ1v) is 11.4. The first-order valence-electron chi connectivity index (χ1n) is 11.4. The average Bonchev–Trinajstić information content (AvgIpc) is 2.87. The van der Waals surface area contributed by atoms with Crippen LogP contribution in [0.3, 0.4) is 0 Å². The molecule has 1 aromatic carbocycles. The van der Waals surface area contributed by atoms with Crippen molar-refractivity contribution in [2.24, 2.45) is 0 Å². The minimum atomic E-state index is -0.831. The van der Waals surface area contributed by atoms with Gasteiger partial charge in [-0.2, -0.15) is 13.5 Å². The van der Waals surface area contributed by atoms with Crippen molar-refractivity contribution in [1.29, 1.82) is 0 Å². The molecule has 9 heteroatoms. The van der Waals surface area contributed by atoms with Crippen LogP contribution in [0.25, 0.3) is 22.3 Å². The number of fused-ring (bicyclic) bond motifs is 1. The van der Waals surface area contributed by atoms with E-state index in [2.05, 4.69) is 9.97 Å². The second-order valence-electron chi connectivity index (χ2n) is 8.32. The minimum Gasteiger partial charge on any atom is -0.473 e. The summed E-state index contributed by atoms with van der Waals surface area (Å²) in [5, 5.41) is 10.8. The molecule has 0 aliphatic carbocycles. The number of ether oxygens (including phenoxy) is 2. The highest BCUT2D eigenvalue weighted by Gasteiger charge is 2.25. The molecule has 0 unspecified atom stereocenters. The van der Waals surface area contributed by atoms with Crippen LogP contribution in [0, 0.1) is 0 Å². The maximum Gasteiger partial charge on any atom is 0.242 e. The Morgan fingerprint density at radius 2 is 1.91 bits per heavy atom. The number of hydrogen-bond donors (Lipinski definition) is 1. The normalized spacial score (nSPS) is 16.2. The van der Waals surface area contributed by atoms with Crippen molar-refractivity contribution < 1.29 is 19.4 Å².